The van der Waals surface area contributed by atoms with Crippen molar-refractivity contribution in [1.82, 2.24) is 0 Å². The largest absolute Gasteiger partial charge is 0.496 e. The van der Waals surface area contributed by atoms with Gasteiger partial charge >= 0.3 is 30.8 Å². The first-order chi connectivity index (χ1) is 18.5. The number of halogens is 8. The number of carbonyl (C=O) groups excluding carboxylic acids is 1. The van der Waals surface area contributed by atoms with Gasteiger partial charge in [-0.2, -0.15) is 17.6 Å². The minimum Gasteiger partial charge on any atom is -0.484 e. The van der Waals surface area contributed by atoms with Gasteiger partial charge in [-0.3, -0.25) is 0 Å². The quantitative estimate of drug-likeness (QED) is 0.0823. The number of hydrogen-bond donors (Lipinski definition) is 0. The molecule has 0 spiro atoms. The summed E-state index contributed by atoms with van der Waals surface area (Å²) in [4.78, 5) is 11.6. The monoisotopic (exact) mass is 600 g/mol. The van der Waals surface area contributed by atoms with Crippen molar-refractivity contribution in [3.8, 4) is 16.2 Å². The number of hydrogen-bond acceptors (Lipinski definition) is 7. The minimum atomic E-state index is -5.86. The summed E-state index contributed by atoms with van der Waals surface area (Å²) in [6, 6.07) is 13.7. The summed E-state index contributed by atoms with van der Waals surface area (Å²) < 4.78 is 126. The Bertz CT molecular complexity index is 1340. The zero-order chi connectivity index (χ0) is 29.8. The van der Waals surface area contributed by atoms with Gasteiger partial charge in [0, 0.05) is 15.7 Å². The molecule has 0 aliphatic heterocycles. The molecule has 3 aromatic rings. The third-order valence-corrected chi connectivity index (χ3v) is 6.02. The van der Waals surface area contributed by atoms with Crippen LogP contribution in [0.15, 0.2) is 61.2 Å². The smallest absolute Gasteiger partial charge is 0.484 e. The highest BCUT2D eigenvalue weighted by Gasteiger charge is 2.57. The Morgan fingerprint density at radius 3 is 2.12 bits per heavy atom. The van der Waals surface area contributed by atoms with Crippen LogP contribution in [0.1, 0.15) is 12.5 Å². The lowest BCUT2D eigenvalue weighted by molar-refractivity contribution is -0.574. The van der Waals surface area contributed by atoms with Gasteiger partial charge in [0.2, 0.25) is 0 Å². The fourth-order valence-corrected chi connectivity index (χ4v) is 4.42. The van der Waals surface area contributed by atoms with Gasteiger partial charge in [-0.15, -0.1) is 28.9 Å². The predicted octanol–water partition coefficient (Wildman–Crippen LogP) is 7.57. The molecule has 3 rings (SSSR count). The molecular formula is C25H20F8O6S. The van der Waals surface area contributed by atoms with E-state index < -0.39 is 44.0 Å². The Labute approximate surface area is 225 Å². The fraction of sp³-hybridized carbons (Fsp3) is 0.320. The number of benzene rings is 2. The lowest BCUT2D eigenvalue weighted by Gasteiger charge is -2.27. The Balaban J connectivity index is 1.62. The summed E-state index contributed by atoms with van der Waals surface area (Å²) in [5.74, 6) is -1.65. The van der Waals surface area contributed by atoms with Crippen LogP contribution in [0.3, 0.4) is 0 Å². The van der Waals surface area contributed by atoms with Gasteiger partial charge in [-0.1, -0.05) is 37.8 Å². The molecular weight excluding hydrogens is 580 g/mol. The molecule has 0 aliphatic carbocycles. The molecule has 1 aromatic heterocycles. The molecule has 0 amide bonds. The molecule has 0 fully saturated rings. The highest BCUT2D eigenvalue weighted by molar-refractivity contribution is 7.22. The number of rotatable bonds is 14. The highest BCUT2D eigenvalue weighted by atomic mass is 32.1. The lowest BCUT2D eigenvalue weighted by atomic mass is 10.0. The molecule has 0 bridgehead atoms. The second kappa shape index (κ2) is 12.1. The summed E-state index contributed by atoms with van der Waals surface area (Å²) in [6.07, 6.45) is -20.5. The molecule has 0 radical (unpaired) electrons. The Kier molecular flexibility index (Phi) is 9.44. The van der Waals surface area contributed by atoms with E-state index in [2.05, 4.69) is 25.5 Å². The van der Waals surface area contributed by atoms with E-state index in [0.29, 0.717) is 10.8 Å². The summed E-state index contributed by atoms with van der Waals surface area (Å²) in [7, 11) is 0. The van der Waals surface area contributed by atoms with Crippen molar-refractivity contribution in [2.75, 3.05) is 13.2 Å². The first kappa shape index (κ1) is 31.3. The van der Waals surface area contributed by atoms with Crippen molar-refractivity contribution in [2.24, 2.45) is 0 Å². The molecule has 2 aromatic carbocycles. The molecule has 0 saturated carbocycles. The number of aryl methyl sites for hydroxylation is 1. The number of carbonyl (C=O) groups is 1. The second-order valence-electron chi connectivity index (χ2n) is 7.93. The van der Waals surface area contributed by atoms with E-state index in [-0.39, 0.29) is 5.75 Å². The van der Waals surface area contributed by atoms with Gasteiger partial charge in [-0.05, 0) is 47.2 Å². The zero-order valence-corrected chi connectivity index (χ0v) is 21.2. The maximum Gasteiger partial charge on any atom is 0.496 e. The van der Waals surface area contributed by atoms with Crippen molar-refractivity contribution in [2.45, 2.75) is 38.2 Å². The lowest BCUT2D eigenvalue weighted by Crippen LogP contribution is -2.46. The average molecular weight is 600 g/mol. The van der Waals surface area contributed by atoms with E-state index in [1.54, 1.807) is 6.07 Å². The van der Waals surface area contributed by atoms with Crippen molar-refractivity contribution < 1.29 is 63.6 Å². The van der Waals surface area contributed by atoms with Gasteiger partial charge in [0.15, 0.2) is 13.2 Å². The number of esters is 1. The van der Waals surface area contributed by atoms with Gasteiger partial charge < -0.3 is 9.47 Å². The summed E-state index contributed by atoms with van der Waals surface area (Å²) in [5, 5.41) is 0.750. The van der Waals surface area contributed by atoms with E-state index in [1.807, 2.05) is 37.3 Å². The number of alkyl halides is 8. The maximum atomic E-state index is 14.0. The minimum absolute atomic E-state index is 0.181. The van der Waals surface area contributed by atoms with Crippen LogP contribution < -0.4 is 4.74 Å². The van der Waals surface area contributed by atoms with Gasteiger partial charge in [0.05, 0.1) is 0 Å². The molecule has 0 N–H and O–H groups in total. The van der Waals surface area contributed by atoms with Crippen LogP contribution in [0.4, 0.5) is 35.1 Å². The Morgan fingerprint density at radius 1 is 0.875 bits per heavy atom. The van der Waals surface area contributed by atoms with Crippen molar-refractivity contribution >= 4 is 27.4 Å². The van der Waals surface area contributed by atoms with E-state index in [4.69, 9.17) is 4.74 Å². The molecule has 15 heteroatoms. The van der Waals surface area contributed by atoms with Crippen molar-refractivity contribution in [3.05, 3.63) is 66.7 Å². The van der Waals surface area contributed by atoms with Gasteiger partial charge in [-0.25, -0.2) is 19.0 Å². The maximum absolute atomic E-state index is 14.0. The summed E-state index contributed by atoms with van der Waals surface area (Å²) in [6.45, 7) is 0.818. The normalized spacial score (nSPS) is 12.9. The number of fused-ring (bicyclic) bond motifs is 1. The Morgan fingerprint density at radius 2 is 1.50 bits per heavy atom. The number of thiophene rings is 1. The molecule has 0 unspecified atom stereocenters. The van der Waals surface area contributed by atoms with E-state index in [9.17, 15) is 39.9 Å². The molecule has 0 aliphatic rings. The van der Waals surface area contributed by atoms with Gasteiger partial charge in [0.25, 0.3) is 0 Å². The van der Waals surface area contributed by atoms with Crippen LogP contribution in [0.2, 0.25) is 0 Å². The number of ether oxygens (including phenoxy) is 5. The molecule has 218 valence electrons. The summed E-state index contributed by atoms with van der Waals surface area (Å²) >= 11 is 1.32. The summed E-state index contributed by atoms with van der Waals surface area (Å²) in [5.41, 5.74) is 2.06. The first-order valence-electron chi connectivity index (χ1n) is 11.2. The standard InChI is InChI=1S/C25H20F8O6S/c1-3-15-7-5-6-8-18(15)20-11-16-9-10-17(12-19(16)40-20)35-13-22(26,27)37-24(30,31)39-25(32,33)38-23(28,29)14-36-21(34)4-2/h4-12H,2-3,13-14H2,1H3. The fourth-order valence-electron chi connectivity index (χ4n) is 3.27. The molecule has 40 heavy (non-hydrogen) atoms. The zero-order valence-electron chi connectivity index (χ0n) is 20.4. The van der Waals surface area contributed by atoms with Crippen molar-refractivity contribution in [1.29, 1.82) is 0 Å². The van der Waals surface area contributed by atoms with Crippen molar-refractivity contribution in [3.63, 3.8) is 0 Å². The first-order valence-corrected chi connectivity index (χ1v) is 12.0. The van der Waals surface area contributed by atoms with Crippen LogP contribution in [0.5, 0.6) is 5.75 Å². The van der Waals surface area contributed by atoms with Crippen LogP contribution in [0, 0.1) is 0 Å². The van der Waals surface area contributed by atoms with Gasteiger partial charge in [0.1, 0.15) is 5.75 Å². The molecule has 0 atom stereocenters. The topological polar surface area (TPSA) is 63.2 Å². The highest BCUT2D eigenvalue weighted by Crippen LogP contribution is 2.39. The third kappa shape index (κ3) is 8.87. The molecule has 1 heterocycles. The average Bonchev–Trinajstić information content (AvgIpc) is 3.27. The van der Waals surface area contributed by atoms with Crippen LogP contribution in [-0.2, 0) is 30.2 Å². The van der Waals surface area contributed by atoms with Crippen LogP contribution in [-0.4, -0.2) is 44.0 Å². The third-order valence-electron chi connectivity index (χ3n) is 4.89. The molecule has 0 saturated heterocycles. The van der Waals surface area contributed by atoms with E-state index in [0.717, 1.165) is 27.8 Å². The molecule has 6 nitrogen and oxygen atoms in total. The predicted molar refractivity (Wildman–Crippen MR) is 126 cm³/mol. The Hall–Kier alpha value is -3.27. The van der Waals surface area contributed by atoms with Crippen LogP contribution >= 0.6 is 11.3 Å². The van der Waals surface area contributed by atoms with E-state index in [1.165, 1.54) is 23.5 Å². The van der Waals surface area contributed by atoms with E-state index >= 15 is 0 Å². The SMILES string of the molecule is C=CC(=O)OCC(F)(F)OC(F)(F)OC(F)(F)OC(F)(F)COc1ccc2cc(-c3ccccc3CC)sc2c1. The van der Waals surface area contributed by atoms with Crippen LogP contribution in [0.25, 0.3) is 20.5 Å². The second-order valence-corrected chi connectivity index (χ2v) is 9.01.